The van der Waals surface area contributed by atoms with Crippen LogP contribution in [0.5, 0.6) is 0 Å². The Bertz CT molecular complexity index is 830. The molecule has 1 saturated heterocycles. The fourth-order valence-electron chi connectivity index (χ4n) is 4.96. The predicted molar refractivity (Wildman–Crippen MR) is 106 cm³/mol. The van der Waals surface area contributed by atoms with Crippen molar-refractivity contribution in [3.8, 4) is 0 Å². The van der Waals surface area contributed by atoms with Gasteiger partial charge in [-0.3, -0.25) is 19.1 Å². The number of hydrogen-bond donors (Lipinski definition) is 2. The number of likely N-dealkylation sites (tertiary alicyclic amines) is 1. The monoisotopic (exact) mass is 386 g/mol. The maximum atomic E-state index is 12.6. The average molecular weight is 387 g/mol. The molecule has 4 atom stereocenters. The highest BCUT2D eigenvalue weighted by Crippen LogP contribution is 2.41. The summed E-state index contributed by atoms with van der Waals surface area (Å²) in [5, 5.41) is 22.4. The molecule has 4 rings (SSSR count). The summed E-state index contributed by atoms with van der Waals surface area (Å²) in [4.78, 5) is 14.9. The molecule has 0 spiro atoms. The van der Waals surface area contributed by atoms with Gasteiger partial charge in [0.05, 0.1) is 35.8 Å². The number of aliphatic hydroxyl groups excluding tert-OH is 1. The molecule has 8 nitrogen and oxygen atoms in total. The van der Waals surface area contributed by atoms with Crippen LogP contribution >= 0.6 is 0 Å². The number of carbonyl (C=O) groups is 1. The van der Waals surface area contributed by atoms with Gasteiger partial charge in [0.25, 0.3) is 0 Å². The van der Waals surface area contributed by atoms with Crippen LogP contribution < -0.4 is 5.32 Å². The minimum atomic E-state index is -0.375. The van der Waals surface area contributed by atoms with Gasteiger partial charge in [0, 0.05) is 32.0 Å². The molecule has 2 N–H and O–H groups in total. The standard InChI is InChI=1S/C20H30N6O2/c1-4-25-14(3)20(13(2)23-25)22-19(28)12-24-10-15-8-17(26-7-5-6-21-26)18(27)9-16(15)11-24/h5-7,15-18,27H,4,8-12H2,1-3H3,(H,22,28)/t15-,16+,17-,18-/m1/s1. The Morgan fingerprint density at radius 2 is 2.04 bits per heavy atom. The normalized spacial score (nSPS) is 27.7. The summed E-state index contributed by atoms with van der Waals surface area (Å²) in [5.74, 6) is 0.947. The van der Waals surface area contributed by atoms with Crippen molar-refractivity contribution < 1.29 is 9.90 Å². The number of rotatable bonds is 5. The summed E-state index contributed by atoms with van der Waals surface area (Å²) in [7, 11) is 0. The van der Waals surface area contributed by atoms with Gasteiger partial charge in [-0.2, -0.15) is 10.2 Å². The molecule has 2 aromatic rings. The lowest BCUT2D eigenvalue weighted by Gasteiger charge is -2.35. The number of aromatic nitrogens is 4. The lowest BCUT2D eigenvalue weighted by Crippen LogP contribution is -2.36. The van der Waals surface area contributed by atoms with Gasteiger partial charge in [0.15, 0.2) is 0 Å². The van der Waals surface area contributed by atoms with E-state index in [1.807, 2.05) is 42.4 Å². The van der Waals surface area contributed by atoms with Crippen LogP contribution in [0.4, 0.5) is 5.69 Å². The van der Waals surface area contributed by atoms with E-state index >= 15 is 0 Å². The molecule has 1 amide bonds. The smallest absolute Gasteiger partial charge is 0.238 e. The van der Waals surface area contributed by atoms with Crippen molar-refractivity contribution in [2.75, 3.05) is 25.0 Å². The highest BCUT2D eigenvalue weighted by Gasteiger charge is 2.42. The van der Waals surface area contributed by atoms with E-state index in [0.717, 1.165) is 49.6 Å². The average Bonchev–Trinajstić information content (AvgIpc) is 3.36. The summed E-state index contributed by atoms with van der Waals surface area (Å²) in [5.41, 5.74) is 2.68. The van der Waals surface area contributed by atoms with Gasteiger partial charge in [-0.1, -0.05) is 0 Å². The van der Waals surface area contributed by atoms with Crippen LogP contribution in [0.25, 0.3) is 0 Å². The second kappa shape index (κ2) is 7.67. The quantitative estimate of drug-likeness (QED) is 0.815. The van der Waals surface area contributed by atoms with Crippen molar-refractivity contribution in [1.29, 1.82) is 0 Å². The van der Waals surface area contributed by atoms with Crippen molar-refractivity contribution in [3.63, 3.8) is 0 Å². The number of hydrogen-bond acceptors (Lipinski definition) is 5. The molecule has 0 radical (unpaired) electrons. The number of fused-ring (bicyclic) bond motifs is 1. The maximum absolute atomic E-state index is 12.6. The Kier molecular flexibility index (Phi) is 5.25. The molecule has 0 aromatic carbocycles. The Morgan fingerprint density at radius 3 is 2.68 bits per heavy atom. The van der Waals surface area contributed by atoms with Crippen LogP contribution in [0, 0.1) is 25.7 Å². The third-order valence-electron chi connectivity index (χ3n) is 6.36. The lowest BCUT2D eigenvalue weighted by atomic mass is 9.77. The van der Waals surface area contributed by atoms with E-state index in [0.29, 0.717) is 18.4 Å². The van der Waals surface area contributed by atoms with Crippen molar-refractivity contribution in [1.82, 2.24) is 24.5 Å². The van der Waals surface area contributed by atoms with Crippen LogP contribution in [0.15, 0.2) is 18.5 Å². The molecule has 152 valence electrons. The lowest BCUT2D eigenvalue weighted by molar-refractivity contribution is -0.117. The summed E-state index contributed by atoms with van der Waals surface area (Å²) in [6.45, 7) is 8.89. The molecule has 28 heavy (non-hydrogen) atoms. The first-order chi connectivity index (χ1) is 13.5. The van der Waals surface area contributed by atoms with Crippen LogP contribution in [0.2, 0.25) is 0 Å². The number of aryl methyl sites for hydroxylation is 2. The zero-order chi connectivity index (χ0) is 19.8. The van der Waals surface area contributed by atoms with Crippen molar-refractivity contribution >= 4 is 11.6 Å². The van der Waals surface area contributed by atoms with Crippen molar-refractivity contribution in [2.24, 2.45) is 11.8 Å². The van der Waals surface area contributed by atoms with E-state index in [1.54, 1.807) is 6.20 Å². The highest BCUT2D eigenvalue weighted by molar-refractivity contribution is 5.93. The second-order valence-electron chi connectivity index (χ2n) is 8.22. The summed E-state index contributed by atoms with van der Waals surface area (Å²) in [6, 6.07) is 1.93. The first kappa shape index (κ1) is 19.1. The molecule has 8 heteroatoms. The van der Waals surface area contributed by atoms with E-state index < -0.39 is 0 Å². The largest absolute Gasteiger partial charge is 0.391 e. The van der Waals surface area contributed by atoms with E-state index in [4.69, 9.17) is 0 Å². The van der Waals surface area contributed by atoms with E-state index in [1.165, 1.54) is 0 Å². The van der Waals surface area contributed by atoms with Gasteiger partial charge in [-0.05, 0) is 51.5 Å². The number of anilines is 1. The maximum Gasteiger partial charge on any atom is 0.238 e. The highest BCUT2D eigenvalue weighted by atomic mass is 16.3. The molecule has 1 aliphatic carbocycles. The SMILES string of the molecule is CCn1nc(C)c(NC(=O)CN2C[C@H]3C[C@@H](n4cccn4)[C@H](O)C[C@H]3C2)c1C. The fraction of sp³-hybridized carbons (Fsp3) is 0.650. The van der Waals surface area contributed by atoms with Crippen LogP contribution in [0.3, 0.4) is 0 Å². The first-order valence-corrected chi connectivity index (χ1v) is 10.2. The van der Waals surface area contributed by atoms with Gasteiger partial charge < -0.3 is 10.4 Å². The number of nitrogens with zero attached hydrogens (tertiary/aromatic N) is 5. The third-order valence-corrected chi connectivity index (χ3v) is 6.36. The topological polar surface area (TPSA) is 88.2 Å². The Morgan fingerprint density at radius 1 is 1.29 bits per heavy atom. The molecule has 3 heterocycles. The number of amides is 1. The number of carbonyl (C=O) groups excluding carboxylic acids is 1. The van der Waals surface area contributed by atoms with Gasteiger partial charge in [-0.15, -0.1) is 0 Å². The predicted octanol–water partition coefficient (Wildman–Crippen LogP) is 1.60. The van der Waals surface area contributed by atoms with Crippen molar-refractivity contribution in [3.05, 3.63) is 29.8 Å². The first-order valence-electron chi connectivity index (χ1n) is 10.2. The minimum absolute atomic E-state index is 0.00433. The molecule has 2 aliphatic rings. The Balaban J connectivity index is 1.36. The molecular formula is C20H30N6O2. The third kappa shape index (κ3) is 3.58. The van der Waals surface area contributed by atoms with Crippen LogP contribution in [0.1, 0.15) is 37.2 Å². The van der Waals surface area contributed by atoms with E-state index in [-0.39, 0.29) is 18.1 Å². The van der Waals surface area contributed by atoms with Crippen molar-refractivity contribution in [2.45, 2.75) is 52.3 Å². The Hall–Kier alpha value is -2.19. The van der Waals surface area contributed by atoms with Gasteiger partial charge >= 0.3 is 0 Å². The fourth-order valence-corrected chi connectivity index (χ4v) is 4.96. The summed E-state index contributed by atoms with van der Waals surface area (Å²) < 4.78 is 3.79. The van der Waals surface area contributed by atoms with Gasteiger partial charge in [-0.25, -0.2) is 0 Å². The minimum Gasteiger partial charge on any atom is -0.391 e. The molecule has 2 fully saturated rings. The zero-order valence-corrected chi connectivity index (χ0v) is 16.9. The number of aliphatic hydroxyl groups is 1. The molecule has 0 unspecified atom stereocenters. The summed E-state index contributed by atoms with van der Waals surface area (Å²) in [6.07, 6.45) is 4.99. The molecular weight excluding hydrogens is 356 g/mol. The van der Waals surface area contributed by atoms with E-state index in [2.05, 4.69) is 20.4 Å². The van der Waals surface area contributed by atoms with Gasteiger partial charge in [0.2, 0.25) is 5.91 Å². The molecule has 0 bridgehead atoms. The Labute approximate surface area is 165 Å². The van der Waals surface area contributed by atoms with Crippen LogP contribution in [-0.4, -0.2) is 61.2 Å². The molecule has 1 aliphatic heterocycles. The molecule has 2 aromatic heterocycles. The number of nitrogens with one attached hydrogen (secondary N) is 1. The second-order valence-corrected chi connectivity index (χ2v) is 8.22. The molecule has 1 saturated carbocycles. The van der Waals surface area contributed by atoms with Gasteiger partial charge in [0.1, 0.15) is 0 Å². The van der Waals surface area contributed by atoms with Crippen LogP contribution in [-0.2, 0) is 11.3 Å². The zero-order valence-electron chi connectivity index (χ0n) is 16.9. The van der Waals surface area contributed by atoms with E-state index in [9.17, 15) is 9.90 Å². The summed E-state index contributed by atoms with van der Waals surface area (Å²) >= 11 is 0.